The van der Waals surface area contributed by atoms with Crippen LogP contribution in [0.15, 0.2) is 0 Å². The van der Waals surface area contributed by atoms with Gasteiger partial charge in [0.05, 0.1) is 17.8 Å². The Hall–Kier alpha value is -0.0800. The van der Waals surface area contributed by atoms with E-state index < -0.39 is 5.60 Å². The molecule has 3 fully saturated rings. The summed E-state index contributed by atoms with van der Waals surface area (Å²) in [6.07, 6.45) is 7.58. The number of hydrogen-bond acceptors (Lipinski definition) is 2. The van der Waals surface area contributed by atoms with Gasteiger partial charge in [-0.05, 0) is 69.6 Å². The van der Waals surface area contributed by atoms with Gasteiger partial charge in [-0.1, -0.05) is 6.92 Å². The van der Waals surface area contributed by atoms with Crippen LogP contribution in [0.25, 0.3) is 0 Å². The summed E-state index contributed by atoms with van der Waals surface area (Å²) in [5, 5.41) is 10.3. The van der Waals surface area contributed by atoms with Crippen molar-refractivity contribution in [2.24, 2.45) is 17.3 Å². The zero-order chi connectivity index (χ0) is 12.3. The highest BCUT2D eigenvalue weighted by Crippen LogP contribution is 2.61. The van der Waals surface area contributed by atoms with Gasteiger partial charge in [0.2, 0.25) is 0 Å². The molecule has 17 heavy (non-hydrogen) atoms. The monoisotopic (exact) mass is 238 g/mol. The number of rotatable bonds is 1. The molecule has 3 aliphatic rings. The van der Waals surface area contributed by atoms with E-state index in [-0.39, 0.29) is 5.60 Å². The Morgan fingerprint density at radius 1 is 1.24 bits per heavy atom. The van der Waals surface area contributed by atoms with Crippen LogP contribution in [0.2, 0.25) is 0 Å². The second-order valence-corrected chi connectivity index (χ2v) is 7.54. The van der Waals surface area contributed by atoms with Crippen molar-refractivity contribution in [3.8, 4) is 0 Å². The standard InChI is InChI=1S/C15H26O2/c1-13(2,16)11-5-8-14(3)6-4-7-15(10-17-15)12(14)9-11/h11-12,16H,4-10H2,1-3H3/t11-,12-,14-,15+/m1/s1. The van der Waals surface area contributed by atoms with Crippen molar-refractivity contribution < 1.29 is 9.84 Å². The summed E-state index contributed by atoms with van der Waals surface area (Å²) in [4.78, 5) is 0. The second-order valence-electron chi connectivity index (χ2n) is 7.54. The smallest absolute Gasteiger partial charge is 0.0949 e. The van der Waals surface area contributed by atoms with E-state index in [2.05, 4.69) is 6.92 Å². The molecule has 0 aromatic carbocycles. The molecular formula is C15H26O2. The number of hydrogen-bond donors (Lipinski definition) is 1. The minimum Gasteiger partial charge on any atom is -0.390 e. The summed E-state index contributed by atoms with van der Waals surface area (Å²) in [5.74, 6) is 1.15. The van der Waals surface area contributed by atoms with Crippen LogP contribution >= 0.6 is 0 Å². The number of fused-ring (bicyclic) bond motifs is 2. The molecule has 0 aromatic rings. The molecule has 0 amide bonds. The molecular weight excluding hydrogens is 212 g/mol. The Morgan fingerprint density at radius 3 is 2.53 bits per heavy atom. The minimum atomic E-state index is -0.519. The number of aliphatic hydroxyl groups is 1. The molecule has 2 nitrogen and oxygen atoms in total. The maximum absolute atomic E-state index is 10.3. The van der Waals surface area contributed by atoms with Crippen LogP contribution in [0, 0.1) is 17.3 Å². The molecule has 1 heterocycles. The fraction of sp³-hybridized carbons (Fsp3) is 1.00. The summed E-state index contributed by atoms with van der Waals surface area (Å²) in [6.45, 7) is 7.39. The van der Waals surface area contributed by atoms with Gasteiger partial charge >= 0.3 is 0 Å². The lowest BCUT2D eigenvalue weighted by Crippen LogP contribution is -2.49. The highest BCUT2D eigenvalue weighted by Gasteiger charge is 2.61. The number of epoxide rings is 1. The second kappa shape index (κ2) is 3.48. The van der Waals surface area contributed by atoms with Crippen LogP contribution < -0.4 is 0 Å². The van der Waals surface area contributed by atoms with Crippen molar-refractivity contribution in [2.45, 2.75) is 70.5 Å². The minimum absolute atomic E-state index is 0.219. The summed E-state index contributed by atoms with van der Waals surface area (Å²) in [6, 6.07) is 0. The van der Waals surface area contributed by atoms with Gasteiger partial charge in [0, 0.05) is 0 Å². The van der Waals surface area contributed by atoms with Crippen LogP contribution in [0.5, 0.6) is 0 Å². The van der Waals surface area contributed by atoms with Gasteiger partial charge in [-0.3, -0.25) is 0 Å². The fourth-order valence-corrected chi connectivity index (χ4v) is 4.56. The SMILES string of the molecule is CC(C)(O)[C@@H]1CC[C@@]2(C)CCC[C@]3(CO3)[C@@H]2C1. The molecule has 3 rings (SSSR count). The largest absolute Gasteiger partial charge is 0.390 e. The average Bonchev–Trinajstić information content (AvgIpc) is 2.96. The van der Waals surface area contributed by atoms with Gasteiger partial charge in [0.15, 0.2) is 0 Å². The van der Waals surface area contributed by atoms with Crippen molar-refractivity contribution in [1.82, 2.24) is 0 Å². The normalized spacial score (nSPS) is 50.1. The van der Waals surface area contributed by atoms with Gasteiger partial charge in [0.25, 0.3) is 0 Å². The van der Waals surface area contributed by atoms with Gasteiger partial charge in [-0.2, -0.15) is 0 Å². The molecule has 2 saturated carbocycles. The lowest BCUT2D eigenvalue weighted by Gasteiger charge is -2.52. The van der Waals surface area contributed by atoms with Gasteiger partial charge in [0.1, 0.15) is 0 Å². The third-order valence-electron chi connectivity index (χ3n) is 5.92. The van der Waals surface area contributed by atoms with Crippen LogP contribution in [0.3, 0.4) is 0 Å². The van der Waals surface area contributed by atoms with Crippen LogP contribution in [-0.4, -0.2) is 22.9 Å². The maximum atomic E-state index is 10.3. The summed E-state index contributed by atoms with van der Waals surface area (Å²) >= 11 is 0. The van der Waals surface area contributed by atoms with E-state index in [1.807, 2.05) is 13.8 Å². The lowest BCUT2D eigenvalue weighted by atomic mass is 9.53. The fourth-order valence-electron chi connectivity index (χ4n) is 4.56. The van der Waals surface area contributed by atoms with E-state index in [9.17, 15) is 5.11 Å². The van der Waals surface area contributed by atoms with Crippen molar-refractivity contribution in [2.75, 3.05) is 6.61 Å². The first-order valence-electron chi connectivity index (χ1n) is 7.22. The molecule has 1 saturated heterocycles. The summed E-state index contributed by atoms with van der Waals surface area (Å²) < 4.78 is 5.85. The first-order chi connectivity index (χ1) is 7.86. The quantitative estimate of drug-likeness (QED) is 0.712. The molecule has 1 N–H and O–H groups in total. The van der Waals surface area contributed by atoms with Crippen molar-refractivity contribution in [3.63, 3.8) is 0 Å². The molecule has 1 aliphatic heterocycles. The Labute approximate surface area is 105 Å². The van der Waals surface area contributed by atoms with E-state index in [4.69, 9.17) is 4.74 Å². The Kier molecular flexibility index (Phi) is 2.45. The molecule has 2 heteroatoms. The van der Waals surface area contributed by atoms with E-state index in [0.717, 1.165) is 6.61 Å². The Balaban J connectivity index is 1.83. The van der Waals surface area contributed by atoms with Crippen molar-refractivity contribution in [1.29, 1.82) is 0 Å². The molecule has 0 aromatic heterocycles. The van der Waals surface area contributed by atoms with Gasteiger partial charge < -0.3 is 9.84 Å². The molecule has 98 valence electrons. The summed E-state index contributed by atoms with van der Waals surface area (Å²) in [7, 11) is 0. The van der Waals surface area contributed by atoms with Crippen molar-refractivity contribution >= 4 is 0 Å². The predicted octanol–water partition coefficient (Wildman–Crippen LogP) is 3.13. The van der Waals surface area contributed by atoms with E-state index in [0.29, 0.717) is 17.3 Å². The van der Waals surface area contributed by atoms with Crippen molar-refractivity contribution in [3.05, 3.63) is 0 Å². The molecule has 0 bridgehead atoms. The molecule has 4 atom stereocenters. The summed E-state index contributed by atoms with van der Waals surface area (Å²) in [5.41, 5.74) is 0.183. The molecule has 1 spiro atoms. The first-order valence-corrected chi connectivity index (χ1v) is 7.22. The van der Waals surface area contributed by atoms with Crippen LogP contribution in [0.1, 0.15) is 59.3 Å². The van der Waals surface area contributed by atoms with Crippen LogP contribution in [-0.2, 0) is 4.74 Å². The van der Waals surface area contributed by atoms with Gasteiger partial charge in [-0.25, -0.2) is 0 Å². The lowest BCUT2D eigenvalue weighted by molar-refractivity contribution is -0.0787. The predicted molar refractivity (Wildman–Crippen MR) is 67.8 cm³/mol. The van der Waals surface area contributed by atoms with E-state index in [1.54, 1.807) is 0 Å². The first kappa shape index (κ1) is 12.0. The third kappa shape index (κ3) is 1.84. The maximum Gasteiger partial charge on any atom is 0.0949 e. The van der Waals surface area contributed by atoms with Crippen LogP contribution in [0.4, 0.5) is 0 Å². The molecule has 0 unspecified atom stereocenters. The highest BCUT2D eigenvalue weighted by molar-refractivity contribution is 5.10. The third-order valence-corrected chi connectivity index (χ3v) is 5.92. The Morgan fingerprint density at radius 2 is 1.94 bits per heavy atom. The zero-order valence-corrected chi connectivity index (χ0v) is 11.5. The van der Waals surface area contributed by atoms with Gasteiger partial charge in [-0.15, -0.1) is 0 Å². The molecule has 0 radical (unpaired) electrons. The Bertz CT molecular complexity index is 313. The highest BCUT2D eigenvalue weighted by atomic mass is 16.6. The van der Waals surface area contributed by atoms with E-state index >= 15 is 0 Å². The molecule has 2 aliphatic carbocycles. The average molecular weight is 238 g/mol. The zero-order valence-electron chi connectivity index (χ0n) is 11.5. The van der Waals surface area contributed by atoms with E-state index in [1.165, 1.54) is 38.5 Å². The number of ether oxygens (including phenoxy) is 1. The topological polar surface area (TPSA) is 32.8 Å².